The Balaban J connectivity index is 2.53. The number of rotatable bonds is 5. The molecule has 0 saturated heterocycles. The van der Waals surface area contributed by atoms with E-state index in [1.807, 2.05) is 0 Å². The lowest BCUT2D eigenvalue weighted by Gasteiger charge is -2.09. The van der Waals surface area contributed by atoms with Crippen molar-refractivity contribution in [1.82, 2.24) is 5.32 Å². The number of hydrogen-bond donors (Lipinski definition) is 3. The molecule has 0 fully saturated rings. The minimum atomic E-state index is -1.46. The van der Waals surface area contributed by atoms with Crippen molar-refractivity contribution in [3.05, 3.63) is 34.3 Å². The predicted molar refractivity (Wildman–Crippen MR) is 66.8 cm³/mol. The first-order chi connectivity index (χ1) is 8.41. The first-order valence-electron chi connectivity index (χ1n) is 5.37. The zero-order valence-corrected chi connectivity index (χ0v) is 10.6. The van der Waals surface area contributed by atoms with Crippen LogP contribution in [0.25, 0.3) is 0 Å². The monoisotopic (exact) mass is 271 g/mol. The molecule has 0 aliphatic rings. The molecule has 0 aliphatic carbocycles. The molecule has 1 rings (SSSR count). The van der Waals surface area contributed by atoms with Crippen molar-refractivity contribution in [1.29, 1.82) is 0 Å². The number of halogens is 1. The normalized spacial score (nSPS) is 11.9. The number of carboxylic acids is 1. The van der Waals surface area contributed by atoms with Gasteiger partial charge in [-0.05, 0) is 30.7 Å². The average molecular weight is 272 g/mol. The van der Waals surface area contributed by atoms with Crippen LogP contribution >= 0.6 is 11.6 Å². The first-order valence-corrected chi connectivity index (χ1v) is 5.75. The fourth-order valence-electron chi connectivity index (χ4n) is 1.42. The van der Waals surface area contributed by atoms with Gasteiger partial charge in [-0.15, -0.1) is 0 Å². The lowest BCUT2D eigenvalue weighted by molar-refractivity contribution is -0.146. The standard InChI is InChI=1S/C12H14ClNO4/c1-7-6-8(13)2-3-9(7)11(16)14-5-4-10(15)12(17)18/h2-3,6,10,15H,4-5H2,1H3,(H,14,16)(H,17,18)/t10-/m0/s1. The van der Waals surface area contributed by atoms with Gasteiger partial charge in [0.2, 0.25) is 0 Å². The lowest BCUT2D eigenvalue weighted by Crippen LogP contribution is -2.30. The largest absolute Gasteiger partial charge is 0.479 e. The third-order valence-corrected chi connectivity index (χ3v) is 2.66. The summed E-state index contributed by atoms with van der Waals surface area (Å²) in [6.07, 6.45) is -1.50. The van der Waals surface area contributed by atoms with Gasteiger partial charge in [-0.3, -0.25) is 4.79 Å². The fraction of sp³-hybridized carbons (Fsp3) is 0.333. The summed E-state index contributed by atoms with van der Waals surface area (Å²) >= 11 is 5.77. The highest BCUT2D eigenvalue weighted by Gasteiger charge is 2.14. The summed E-state index contributed by atoms with van der Waals surface area (Å²) in [5.74, 6) is -1.62. The Bertz CT molecular complexity index is 461. The summed E-state index contributed by atoms with van der Waals surface area (Å²) < 4.78 is 0. The van der Waals surface area contributed by atoms with Crippen molar-refractivity contribution in [2.24, 2.45) is 0 Å². The van der Waals surface area contributed by atoms with E-state index in [9.17, 15) is 9.59 Å². The van der Waals surface area contributed by atoms with Gasteiger partial charge in [0.15, 0.2) is 6.10 Å². The van der Waals surface area contributed by atoms with E-state index in [0.717, 1.165) is 5.56 Å². The third kappa shape index (κ3) is 4.01. The molecular weight excluding hydrogens is 258 g/mol. The summed E-state index contributed by atoms with van der Waals surface area (Å²) in [5.41, 5.74) is 1.21. The van der Waals surface area contributed by atoms with Gasteiger partial charge in [0.25, 0.3) is 5.91 Å². The van der Waals surface area contributed by atoms with Crippen LogP contribution in [0.1, 0.15) is 22.3 Å². The minimum absolute atomic E-state index is 0.0340. The van der Waals surface area contributed by atoms with E-state index in [0.29, 0.717) is 10.6 Å². The molecule has 0 aliphatic heterocycles. The van der Waals surface area contributed by atoms with E-state index >= 15 is 0 Å². The maximum atomic E-state index is 11.7. The van der Waals surface area contributed by atoms with Crippen molar-refractivity contribution in [3.63, 3.8) is 0 Å². The molecule has 1 atom stereocenters. The van der Waals surface area contributed by atoms with Gasteiger partial charge < -0.3 is 15.5 Å². The van der Waals surface area contributed by atoms with Gasteiger partial charge in [-0.25, -0.2) is 4.79 Å². The van der Waals surface area contributed by atoms with Crippen LogP contribution in [-0.4, -0.2) is 34.7 Å². The molecular formula is C12H14ClNO4. The Kier molecular flexibility index (Phi) is 5.12. The van der Waals surface area contributed by atoms with Crippen LogP contribution in [0.3, 0.4) is 0 Å². The number of aliphatic hydroxyl groups is 1. The number of aliphatic carboxylic acids is 1. The van der Waals surface area contributed by atoms with E-state index in [1.165, 1.54) is 0 Å². The van der Waals surface area contributed by atoms with Gasteiger partial charge >= 0.3 is 5.97 Å². The van der Waals surface area contributed by atoms with E-state index in [2.05, 4.69) is 5.32 Å². The number of aliphatic hydroxyl groups excluding tert-OH is 1. The van der Waals surface area contributed by atoms with E-state index in [1.54, 1.807) is 25.1 Å². The SMILES string of the molecule is Cc1cc(Cl)ccc1C(=O)NCC[C@H](O)C(=O)O. The first kappa shape index (κ1) is 14.5. The van der Waals surface area contributed by atoms with Crippen molar-refractivity contribution in [3.8, 4) is 0 Å². The Morgan fingerprint density at radius 3 is 2.67 bits per heavy atom. The molecule has 1 aromatic rings. The van der Waals surface area contributed by atoms with E-state index in [4.69, 9.17) is 21.8 Å². The molecule has 0 bridgehead atoms. The maximum absolute atomic E-state index is 11.7. The number of aryl methyl sites for hydroxylation is 1. The molecule has 1 amide bonds. The highest BCUT2D eigenvalue weighted by Crippen LogP contribution is 2.14. The Morgan fingerprint density at radius 2 is 2.11 bits per heavy atom. The molecule has 1 aromatic carbocycles. The molecule has 0 heterocycles. The second kappa shape index (κ2) is 6.37. The predicted octanol–water partition coefficient (Wildman–Crippen LogP) is 1.21. The van der Waals surface area contributed by atoms with Crippen LogP contribution in [0.2, 0.25) is 5.02 Å². The second-order valence-corrected chi connectivity index (χ2v) is 4.29. The molecule has 0 aromatic heterocycles. The van der Waals surface area contributed by atoms with Crippen LogP contribution in [0, 0.1) is 6.92 Å². The summed E-state index contributed by atoms with van der Waals surface area (Å²) in [4.78, 5) is 22.1. The highest BCUT2D eigenvalue weighted by molar-refractivity contribution is 6.30. The second-order valence-electron chi connectivity index (χ2n) is 3.86. The van der Waals surface area contributed by atoms with Crippen LogP contribution in [0.5, 0.6) is 0 Å². The van der Waals surface area contributed by atoms with Gasteiger partial charge in [-0.1, -0.05) is 11.6 Å². The van der Waals surface area contributed by atoms with Gasteiger partial charge in [0, 0.05) is 23.6 Å². The molecule has 0 spiro atoms. The minimum Gasteiger partial charge on any atom is -0.479 e. The number of amides is 1. The van der Waals surface area contributed by atoms with Crippen LogP contribution in [0.15, 0.2) is 18.2 Å². The summed E-state index contributed by atoms with van der Waals surface area (Å²) in [5, 5.41) is 20.6. The Hall–Kier alpha value is -1.59. The van der Waals surface area contributed by atoms with Crippen molar-refractivity contribution >= 4 is 23.5 Å². The lowest BCUT2D eigenvalue weighted by atomic mass is 10.1. The van der Waals surface area contributed by atoms with Crippen LogP contribution in [0.4, 0.5) is 0 Å². The summed E-state index contributed by atoms with van der Waals surface area (Å²) in [6.45, 7) is 1.85. The van der Waals surface area contributed by atoms with E-state index < -0.39 is 12.1 Å². The molecule has 3 N–H and O–H groups in total. The topological polar surface area (TPSA) is 86.6 Å². The molecule has 18 heavy (non-hydrogen) atoms. The number of carbonyl (C=O) groups excluding carboxylic acids is 1. The Morgan fingerprint density at radius 1 is 1.44 bits per heavy atom. The Labute approximate surface area is 109 Å². The number of hydrogen-bond acceptors (Lipinski definition) is 3. The molecule has 6 heteroatoms. The van der Waals surface area contributed by atoms with Crippen molar-refractivity contribution in [2.75, 3.05) is 6.54 Å². The number of carboxylic acid groups (broad SMARTS) is 1. The maximum Gasteiger partial charge on any atom is 0.332 e. The van der Waals surface area contributed by atoms with Crippen LogP contribution < -0.4 is 5.32 Å². The smallest absolute Gasteiger partial charge is 0.332 e. The quantitative estimate of drug-likeness (QED) is 0.751. The molecule has 5 nitrogen and oxygen atoms in total. The van der Waals surface area contributed by atoms with Gasteiger partial charge in [0.05, 0.1) is 0 Å². The average Bonchev–Trinajstić information content (AvgIpc) is 2.28. The van der Waals surface area contributed by atoms with Gasteiger partial charge in [-0.2, -0.15) is 0 Å². The fourth-order valence-corrected chi connectivity index (χ4v) is 1.65. The zero-order chi connectivity index (χ0) is 13.7. The highest BCUT2D eigenvalue weighted by atomic mass is 35.5. The molecule has 98 valence electrons. The summed E-state index contributed by atoms with van der Waals surface area (Å²) in [7, 11) is 0. The van der Waals surface area contributed by atoms with Gasteiger partial charge in [0.1, 0.15) is 0 Å². The van der Waals surface area contributed by atoms with Crippen molar-refractivity contribution in [2.45, 2.75) is 19.4 Å². The van der Waals surface area contributed by atoms with E-state index in [-0.39, 0.29) is 18.9 Å². The molecule has 0 radical (unpaired) electrons. The van der Waals surface area contributed by atoms with Crippen molar-refractivity contribution < 1.29 is 19.8 Å². The third-order valence-electron chi connectivity index (χ3n) is 2.42. The number of nitrogens with one attached hydrogen (secondary N) is 1. The summed E-state index contributed by atoms with van der Waals surface area (Å²) in [6, 6.07) is 4.87. The molecule has 0 saturated carbocycles. The number of carbonyl (C=O) groups is 2. The van der Waals surface area contributed by atoms with Crippen LogP contribution in [-0.2, 0) is 4.79 Å². The zero-order valence-electron chi connectivity index (χ0n) is 9.81. The molecule has 0 unspecified atom stereocenters. The number of benzene rings is 1.